The van der Waals surface area contributed by atoms with Crippen LogP contribution in [0.2, 0.25) is 0 Å². The Morgan fingerprint density at radius 1 is 1.13 bits per heavy atom. The van der Waals surface area contributed by atoms with E-state index in [1.165, 1.54) is 27.8 Å². The molecule has 9 nitrogen and oxygen atoms in total. The van der Waals surface area contributed by atoms with Gasteiger partial charge in [0.1, 0.15) is 28.7 Å². The zero-order chi connectivity index (χ0) is 27.6. The number of nitrogens with zero attached hydrogens (tertiary/aromatic N) is 8. The zero-order valence-corrected chi connectivity index (χ0v) is 22.0. The zero-order valence-electron chi connectivity index (χ0n) is 22.0. The first-order chi connectivity index (χ1) is 18.5. The number of fused-ring (bicyclic) bond motifs is 1. The minimum absolute atomic E-state index is 0.0541. The van der Waals surface area contributed by atoms with Gasteiger partial charge in [-0.1, -0.05) is 6.07 Å². The van der Waals surface area contributed by atoms with E-state index in [0.29, 0.717) is 28.9 Å². The number of carbonyl (C=O) groups is 1. The monoisotopic (exact) mass is 536 g/mol. The number of aryl methyl sites for hydroxylation is 2. The van der Waals surface area contributed by atoms with Gasteiger partial charge in [-0.05, 0) is 43.0 Å². The van der Waals surface area contributed by atoms with Crippen molar-refractivity contribution in [3.8, 4) is 22.9 Å². The maximum absolute atomic E-state index is 15.3. The third kappa shape index (κ3) is 4.43. The Kier molecular flexibility index (Phi) is 5.74. The minimum atomic E-state index is -3.14. The second-order valence-electron chi connectivity index (χ2n) is 10.3. The van der Waals surface area contributed by atoms with E-state index in [9.17, 15) is 13.6 Å². The summed E-state index contributed by atoms with van der Waals surface area (Å²) in [6.07, 6.45) is 6.76. The van der Waals surface area contributed by atoms with Crippen molar-refractivity contribution < 1.29 is 18.0 Å². The molecule has 202 valence electrons. The van der Waals surface area contributed by atoms with Gasteiger partial charge in [0.05, 0.1) is 30.5 Å². The number of hydrogen-bond donors (Lipinski definition) is 0. The Morgan fingerprint density at radius 3 is 2.56 bits per heavy atom. The highest BCUT2D eigenvalue weighted by molar-refractivity contribution is 6.01. The van der Waals surface area contributed by atoms with E-state index in [2.05, 4.69) is 15.1 Å². The predicted molar refractivity (Wildman–Crippen MR) is 139 cm³/mol. The van der Waals surface area contributed by atoms with Crippen LogP contribution < -0.4 is 9.80 Å². The van der Waals surface area contributed by atoms with Crippen molar-refractivity contribution in [2.75, 3.05) is 23.4 Å². The van der Waals surface area contributed by atoms with E-state index < -0.39 is 17.4 Å². The van der Waals surface area contributed by atoms with Gasteiger partial charge >= 0.3 is 0 Å². The smallest absolute Gasteiger partial charge is 0.288 e. The van der Waals surface area contributed by atoms with Crippen LogP contribution in [0, 0.1) is 12.7 Å². The van der Waals surface area contributed by atoms with Crippen LogP contribution in [-0.4, -0.2) is 48.8 Å². The molecule has 0 spiro atoms. The van der Waals surface area contributed by atoms with Crippen molar-refractivity contribution in [2.45, 2.75) is 45.2 Å². The second kappa shape index (κ2) is 8.92. The molecule has 0 saturated heterocycles. The van der Waals surface area contributed by atoms with Gasteiger partial charge in [-0.25, -0.2) is 19.3 Å². The first-order valence-corrected chi connectivity index (χ1v) is 12.6. The van der Waals surface area contributed by atoms with Crippen LogP contribution in [0.4, 0.5) is 24.7 Å². The van der Waals surface area contributed by atoms with Gasteiger partial charge in [-0.3, -0.25) is 9.48 Å². The SMILES string of the molecule is Cc1cnn(C2CC2)c1-c1ncc2c(n1)N(Cc1ccc(-c3nc(C(C)(F)F)cn3C)c(F)c1)CC(=O)N2C. The second-order valence-corrected chi connectivity index (χ2v) is 10.3. The van der Waals surface area contributed by atoms with Gasteiger partial charge < -0.3 is 14.4 Å². The Balaban J connectivity index is 1.33. The quantitative estimate of drug-likeness (QED) is 0.358. The molecular formula is C27H27F3N8O. The first kappa shape index (κ1) is 25.1. The standard InChI is InChI=1S/C27H27F3N8O/c1-15-10-32-38(17-6-7-17)23(15)24-31-11-20-26(34-24)37(14-22(39)36(20)4)12-16-5-8-18(19(28)9-16)25-33-21(13-35(25)3)27(2,29)30/h5,8-11,13,17H,6-7,12,14H2,1-4H3. The Hall–Kier alpha value is -4.22. The van der Waals surface area contributed by atoms with Crippen molar-refractivity contribution >= 4 is 17.4 Å². The van der Waals surface area contributed by atoms with Crippen molar-refractivity contribution in [1.29, 1.82) is 0 Å². The molecular weight excluding hydrogens is 509 g/mol. The van der Waals surface area contributed by atoms with Gasteiger partial charge in [0, 0.05) is 33.8 Å². The highest BCUT2D eigenvalue weighted by Gasteiger charge is 2.33. The van der Waals surface area contributed by atoms with Crippen LogP contribution in [0.1, 0.15) is 42.6 Å². The van der Waals surface area contributed by atoms with Crippen LogP contribution in [0.5, 0.6) is 0 Å². The summed E-state index contributed by atoms with van der Waals surface area (Å²) in [5, 5.41) is 4.51. The molecule has 6 rings (SSSR count). The molecule has 1 amide bonds. The molecule has 0 atom stereocenters. The fraction of sp³-hybridized carbons (Fsp3) is 0.370. The third-order valence-corrected chi connectivity index (χ3v) is 7.17. The lowest BCUT2D eigenvalue weighted by atomic mass is 10.1. The van der Waals surface area contributed by atoms with Crippen LogP contribution in [-0.2, 0) is 24.3 Å². The summed E-state index contributed by atoms with van der Waals surface area (Å²) in [6.45, 7) is 2.98. The lowest BCUT2D eigenvalue weighted by Crippen LogP contribution is -2.44. The average molecular weight is 537 g/mol. The van der Waals surface area contributed by atoms with E-state index >= 15 is 4.39 Å². The van der Waals surface area contributed by atoms with Crippen LogP contribution >= 0.6 is 0 Å². The van der Waals surface area contributed by atoms with Crippen LogP contribution in [0.3, 0.4) is 0 Å². The maximum atomic E-state index is 15.3. The van der Waals surface area contributed by atoms with E-state index in [0.717, 1.165) is 31.0 Å². The van der Waals surface area contributed by atoms with Crippen molar-refractivity contribution in [3.05, 3.63) is 59.4 Å². The predicted octanol–water partition coefficient (Wildman–Crippen LogP) is 4.62. The molecule has 39 heavy (non-hydrogen) atoms. The number of benzene rings is 1. The van der Waals surface area contributed by atoms with Gasteiger partial charge in [0.2, 0.25) is 5.91 Å². The lowest BCUT2D eigenvalue weighted by molar-refractivity contribution is -0.117. The Morgan fingerprint density at radius 2 is 1.90 bits per heavy atom. The number of anilines is 2. The highest BCUT2D eigenvalue weighted by Crippen LogP contribution is 2.40. The summed E-state index contributed by atoms with van der Waals surface area (Å²) in [4.78, 5) is 29.5. The Bertz CT molecular complexity index is 1600. The molecule has 3 aromatic heterocycles. The molecule has 12 heteroatoms. The van der Waals surface area contributed by atoms with Crippen molar-refractivity contribution in [3.63, 3.8) is 0 Å². The third-order valence-electron chi connectivity index (χ3n) is 7.17. The number of imidazole rings is 1. The van der Waals surface area contributed by atoms with Gasteiger partial charge in [-0.2, -0.15) is 13.9 Å². The molecule has 1 aliphatic carbocycles. The van der Waals surface area contributed by atoms with E-state index in [4.69, 9.17) is 4.98 Å². The summed E-state index contributed by atoms with van der Waals surface area (Å²) in [5.74, 6) is -2.69. The molecule has 0 unspecified atom stereocenters. The van der Waals surface area contributed by atoms with Crippen molar-refractivity contribution in [2.24, 2.45) is 7.05 Å². The van der Waals surface area contributed by atoms with E-state index in [1.54, 1.807) is 37.5 Å². The minimum Gasteiger partial charge on any atom is -0.341 e. The van der Waals surface area contributed by atoms with Gasteiger partial charge in [0.25, 0.3) is 5.92 Å². The van der Waals surface area contributed by atoms with Crippen LogP contribution in [0.25, 0.3) is 22.9 Å². The number of halogens is 3. The fourth-order valence-electron chi connectivity index (χ4n) is 4.87. The molecule has 1 aromatic carbocycles. The number of rotatable bonds is 6. The molecule has 4 aromatic rings. The topological polar surface area (TPSA) is 85.0 Å². The molecule has 0 radical (unpaired) electrons. The van der Waals surface area contributed by atoms with Gasteiger partial charge in [0.15, 0.2) is 11.6 Å². The van der Waals surface area contributed by atoms with Crippen LogP contribution in [0.15, 0.2) is 36.8 Å². The molecule has 1 fully saturated rings. The molecule has 2 aliphatic rings. The number of alkyl halides is 2. The normalized spacial score (nSPS) is 15.7. The summed E-state index contributed by atoms with van der Waals surface area (Å²) < 4.78 is 46.1. The van der Waals surface area contributed by atoms with E-state index in [-0.39, 0.29) is 30.4 Å². The maximum Gasteiger partial charge on any atom is 0.288 e. The highest BCUT2D eigenvalue weighted by atomic mass is 19.3. The van der Waals surface area contributed by atoms with E-state index in [1.807, 2.05) is 11.6 Å². The number of amides is 1. The molecule has 1 aliphatic heterocycles. The average Bonchev–Trinajstić information content (AvgIpc) is 3.54. The summed E-state index contributed by atoms with van der Waals surface area (Å²) >= 11 is 0. The molecule has 0 N–H and O–H groups in total. The number of hydrogen-bond acceptors (Lipinski definition) is 6. The summed E-state index contributed by atoms with van der Waals surface area (Å²) in [7, 11) is 3.22. The largest absolute Gasteiger partial charge is 0.341 e. The number of likely N-dealkylation sites (N-methyl/N-ethyl adjacent to an activating group) is 1. The van der Waals surface area contributed by atoms with Crippen molar-refractivity contribution in [1.82, 2.24) is 29.3 Å². The number of aromatic nitrogens is 6. The molecule has 1 saturated carbocycles. The summed E-state index contributed by atoms with van der Waals surface area (Å²) in [5.41, 5.74) is 2.65. The molecule has 0 bridgehead atoms. The fourth-order valence-corrected chi connectivity index (χ4v) is 4.87. The first-order valence-electron chi connectivity index (χ1n) is 12.6. The number of carbonyl (C=O) groups excluding carboxylic acids is 1. The van der Waals surface area contributed by atoms with Gasteiger partial charge in [-0.15, -0.1) is 0 Å². The Labute approximate surface area is 222 Å². The summed E-state index contributed by atoms with van der Waals surface area (Å²) in [6, 6.07) is 4.90. The molecule has 4 heterocycles. The lowest BCUT2D eigenvalue weighted by Gasteiger charge is -2.34.